The van der Waals surface area contributed by atoms with Gasteiger partial charge in [-0.1, -0.05) is 53.6 Å². The summed E-state index contributed by atoms with van der Waals surface area (Å²) in [6, 6.07) is 25.6. The Bertz CT molecular complexity index is 3540. The molecule has 6 heterocycles. The summed E-state index contributed by atoms with van der Waals surface area (Å²) in [7, 11) is 4.82. The maximum Gasteiger partial charge on any atom is 0.326 e. The lowest BCUT2D eigenvalue weighted by Crippen LogP contribution is -2.56. The van der Waals surface area contributed by atoms with Crippen LogP contribution in [0.3, 0.4) is 0 Å². The van der Waals surface area contributed by atoms with Crippen molar-refractivity contribution < 1.29 is 56.7 Å². The number of hydrogen-bond acceptors (Lipinski definition) is 16. The predicted molar refractivity (Wildman–Crippen MR) is 338 cm³/mol. The number of nitrogens with one attached hydrogen (secondary N) is 1. The molecule has 10 rings (SSSR count). The van der Waals surface area contributed by atoms with E-state index in [2.05, 4.69) is 15.2 Å². The summed E-state index contributed by atoms with van der Waals surface area (Å²) >= 11 is 6.40. The van der Waals surface area contributed by atoms with Gasteiger partial charge in [-0.25, -0.2) is 18.9 Å². The van der Waals surface area contributed by atoms with Crippen LogP contribution in [0.4, 0.5) is 20.7 Å². The number of ether oxygens (including phenoxy) is 7. The zero-order chi connectivity index (χ0) is 63.4. The highest BCUT2D eigenvalue weighted by molar-refractivity contribution is 6.30. The number of aryl methyl sites for hydroxylation is 1. The van der Waals surface area contributed by atoms with Gasteiger partial charge in [0.1, 0.15) is 41.6 Å². The van der Waals surface area contributed by atoms with E-state index in [-0.39, 0.29) is 81.7 Å². The second-order valence-corrected chi connectivity index (χ2v) is 23.2. The summed E-state index contributed by atoms with van der Waals surface area (Å²) in [6.07, 6.45) is 3.14. The molecule has 478 valence electrons. The van der Waals surface area contributed by atoms with Crippen molar-refractivity contribution in [2.75, 3.05) is 124 Å². The zero-order valence-electron chi connectivity index (χ0n) is 51.8. The molecule has 5 amide bonds. The number of piperazine rings is 1. The van der Waals surface area contributed by atoms with Gasteiger partial charge in [0.15, 0.2) is 0 Å². The number of anilines is 2. The lowest BCUT2D eigenvalue weighted by molar-refractivity contribution is -0.135. The molecule has 0 saturated carbocycles. The molecule has 0 aliphatic carbocycles. The van der Waals surface area contributed by atoms with Crippen LogP contribution in [0.2, 0.25) is 5.02 Å². The van der Waals surface area contributed by atoms with Gasteiger partial charge in [-0.3, -0.25) is 24.3 Å². The number of amidine groups is 1. The molecule has 4 aromatic carbocycles. The number of pyridine rings is 1. The summed E-state index contributed by atoms with van der Waals surface area (Å²) in [4.78, 5) is 74.3. The third-order valence-corrected chi connectivity index (χ3v) is 16.5. The lowest BCUT2D eigenvalue weighted by Gasteiger charge is -2.38. The molecule has 3 atom stereocenters. The Hall–Kier alpha value is -8.35. The smallest absolute Gasteiger partial charge is 0.326 e. The van der Waals surface area contributed by atoms with Crippen LogP contribution in [0.5, 0.6) is 17.4 Å². The molecule has 2 fully saturated rings. The number of amides is 5. The molecule has 3 N–H and O–H groups in total. The highest BCUT2D eigenvalue weighted by Crippen LogP contribution is 2.47. The normalized spacial score (nSPS) is 17.4. The van der Waals surface area contributed by atoms with Crippen molar-refractivity contribution in [3.8, 4) is 28.5 Å². The largest absolute Gasteiger partial charge is 0.497 e. The fourth-order valence-corrected chi connectivity index (χ4v) is 12.0. The minimum atomic E-state index is -0.580. The van der Waals surface area contributed by atoms with E-state index in [4.69, 9.17) is 60.6 Å². The minimum absolute atomic E-state index is 0.116. The number of rotatable bonds is 25. The van der Waals surface area contributed by atoms with Gasteiger partial charge in [-0.15, -0.1) is 0 Å². The third kappa shape index (κ3) is 15.1. The standard InChI is InChI=1S/C66H79ClFN11O11/c1-42(2)90-56-38-49(84-5)18-20-51(56)63-72-60(44-11-9-43(3)10-12-44)61(45-13-15-47(67)16-14-45)79(63)66(83)76-26-25-75(58(81)41-76)27-29-87-31-33-89-35-34-88-32-30-86-28-21-57(80)70-22-24-78-65(85-6)59-46-36-55(62(69)71-39-46)77-23-7-8-54(77)52-37-48(68)17-19-50(52)64(82)74(4)40-53(59)73-78/h9-20,36-39,42,54,60-61H,7-8,21-35,40-41H2,1-6H3,(H2,69,71)(H,70,80)/t54-,60+,61-/m1/s1. The number of nitrogens with two attached hydrogens (primary N) is 1. The molecule has 2 aromatic heterocycles. The van der Waals surface area contributed by atoms with E-state index in [1.165, 1.54) is 12.1 Å². The first-order valence-electron chi connectivity index (χ1n) is 30.5. The highest BCUT2D eigenvalue weighted by Gasteiger charge is 2.46. The Labute approximate surface area is 528 Å². The van der Waals surface area contributed by atoms with E-state index < -0.39 is 17.9 Å². The number of aliphatic imine (C=N–C) groups is 1. The van der Waals surface area contributed by atoms with Crippen LogP contribution in [0.1, 0.15) is 95.1 Å². The van der Waals surface area contributed by atoms with Crippen molar-refractivity contribution in [3.05, 3.63) is 147 Å². The molecule has 24 heteroatoms. The van der Waals surface area contributed by atoms with Gasteiger partial charge in [0.25, 0.3) is 5.91 Å². The number of nitrogens with zero attached hydrogens (tertiary/aromatic N) is 9. The van der Waals surface area contributed by atoms with E-state index in [1.807, 2.05) is 75.4 Å². The Kier molecular flexibility index (Phi) is 21.5. The van der Waals surface area contributed by atoms with E-state index in [0.717, 1.165) is 23.1 Å². The van der Waals surface area contributed by atoms with E-state index in [9.17, 15) is 18.8 Å². The number of hydrogen-bond donors (Lipinski definition) is 2. The van der Waals surface area contributed by atoms with Crippen LogP contribution in [0, 0.1) is 12.7 Å². The molecule has 90 heavy (non-hydrogen) atoms. The second-order valence-electron chi connectivity index (χ2n) is 22.8. The Morgan fingerprint density at radius 2 is 1.50 bits per heavy atom. The first kappa shape index (κ1) is 64.6. The summed E-state index contributed by atoms with van der Waals surface area (Å²) in [5, 5.41) is 8.37. The Morgan fingerprint density at radius 1 is 0.800 bits per heavy atom. The quantitative estimate of drug-likeness (QED) is 0.0512. The van der Waals surface area contributed by atoms with Crippen molar-refractivity contribution in [2.45, 2.75) is 77.4 Å². The van der Waals surface area contributed by atoms with Crippen molar-refractivity contribution in [1.82, 2.24) is 39.7 Å². The van der Waals surface area contributed by atoms with Gasteiger partial charge in [-0.05, 0) is 98.8 Å². The molecule has 2 bridgehead atoms. The van der Waals surface area contributed by atoms with Crippen molar-refractivity contribution in [2.24, 2.45) is 4.99 Å². The molecule has 4 aliphatic heterocycles. The van der Waals surface area contributed by atoms with Gasteiger partial charge >= 0.3 is 6.03 Å². The maximum atomic E-state index is 15.1. The van der Waals surface area contributed by atoms with Crippen LogP contribution in [-0.2, 0) is 41.6 Å². The number of methoxy groups -OCH3 is 2. The molecule has 4 aliphatic rings. The fourth-order valence-electron chi connectivity index (χ4n) is 11.8. The number of aromatic nitrogens is 3. The summed E-state index contributed by atoms with van der Waals surface area (Å²) in [6.45, 7) is 10.4. The second kappa shape index (κ2) is 30.0. The van der Waals surface area contributed by atoms with E-state index in [1.54, 1.807) is 76.0 Å². The third-order valence-electron chi connectivity index (χ3n) is 16.3. The molecular weight excluding hydrogens is 1180 g/mol. The molecule has 22 nitrogen and oxygen atoms in total. The van der Waals surface area contributed by atoms with Crippen molar-refractivity contribution >= 4 is 52.7 Å². The van der Waals surface area contributed by atoms with Crippen LogP contribution < -0.4 is 30.2 Å². The lowest BCUT2D eigenvalue weighted by atomic mass is 9.93. The summed E-state index contributed by atoms with van der Waals surface area (Å²) in [5.74, 6) is 1.19. The highest BCUT2D eigenvalue weighted by atomic mass is 35.5. The SMILES string of the molecule is COc1ccc(C2=N[C@@H](c3ccc(C)cc3)[C@@H](c3ccc(Cl)cc3)N2C(=O)N2CCN(CCOCCOCCOCCOCCC(=O)NCCn3nc4c(c3OC)-c3cnc(N)c(c3)N3CCC[C@@H]3c3cc(F)ccc3C(=O)N(C)C4)C(=O)C2)c(OC(C)C)c1. The van der Waals surface area contributed by atoms with E-state index >= 15 is 4.79 Å². The maximum absolute atomic E-state index is 15.1. The van der Waals surface area contributed by atoms with Crippen LogP contribution in [0.15, 0.2) is 102 Å². The van der Waals surface area contributed by atoms with Crippen LogP contribution >= 0.6 is 11.6 Å². The Balaban J connectivity index is 0.629. The average Bonchev–Trinajstić information content (AvgIpc) is 1.59. The van der Waals surface area contributed by atoms with E-state index in [0.29, 0.717) is 145 Å². The predicted octanol–water partition coefficient (Wildman–Crippen LogP) is 8.44. The van der Waals surface area contributed by atoms with Gasteiger partial charge in [0.05, 0.1) is 121 Å². The number of halogens is 2. The van der Waals surface area contributed by atoms with Crippen LogP contribution in [0.25, 0.3) is 11.1 Å². The van der Waals surface area contributed by atoms with Gasteiger partial charge in [-0.2, -0.15) is 5.10 Å². The first-order valence-corrected chi connectivity index (χ1v) is 30.9. The first-order chi connectivity index (χ1) is 43.6. The number of carbonyl (C=O) groups excluding carboxylic acids is 4. The zero-order valence-corrected chi connectivity index (χ0v) is 52.6. The van der Waals surface area contributed by atoms with Crippen molar-refractivity contribution in [1.29, 1.82) is 0 Å². The summed E-state index contributed by atoms with van der Waals surface area (Å²) in [5.41, 5.74) is 13.5. The van der Waals surface area contributed by atoms with Crippen molar-refractivity contribution in [3.63, 3.8) is 0 Å². The number of carbonyl (C=O) groups is 4. The number of benzene rings is 4. The number of nitrogen functional groups attached to an aromatic ring is 1. The number of fused-ring (bicyclic) bond motifs is 8. The molecule has 2 saturated heterocycles. The minimum Gasteiger partial charge on any atom is -0.497 e. The fraction of sp³-hybridized carbons (Fsp3) is 0.439. The molecule has 0 spiro atoms. The van der Waals surface area contributed by atoms with Crippen LogP contribution in [-0.4, -0.2) is 183 Å². The molecule has 6 aromatic rings. The Morgan fingerprint density at radius 3 is 2.20 bits per heavy atom. The van der Waals surface area contributed by atoms with Gasteiger partial charge in [0.2, 0.25) is 17.7 Å². The summed E-state index contributed by atoms with van der Waals surface area (Å²) < 4.78 is 57.1. The average molecular weight is 1260 g/mol. The van der Waals surface area contributed by atoms with Gasteiger partial charge < -0.3 is 63.8 Å². The molecular formula is C66H79ClFN11O11. The molecule has 0 unspecified atom stereocenters. The molecule has 0 radical (unpaired) electrons. The number of urea groups is 1. The van der Waals surface area contributed by atoms with Gasteiger partial charge in [0, 0.05) is 74.6 Å². The monoisotopic (exact) mass is 1260 g/mol. The topological polar surface area (TPSA) is 230 Å².